The van der Waals surface area contributed by atoms with Crippen molar-refractivity contribution < 1.29 is 14.6 Å². The predicted octanol–water partition coefficient (Wildman–Crippen LogP) is 4.15. The third-order valence-electron chi connectivity index (χ3n) is 2.24. The number of nitrogens with one attached hydrogen (secondary N) is 1. The number of ether oxygens (including phenoxy) is 1. The number of rotatable bonds is 5. The highest BCUT2D eigenvalue weighted by molar-refractivity contribution is 9.11. The molecule has 0 aliphatic rings. The SMILES string of the molecule is CCOCn1c(Br)nc([N+](=O)[O-])c1Br.O=[N+]([O-])c1[nH]c(Br)nc1Br. The highest BCUT2D eigenvalue weighted by atomic mass is 79.9. The molecule has 2 aromatic heterocycles. The van der Waals surface area contributed by atoms with Crippen LogP contribution in [0, 0.1) is 20.2 Å². The Kier molecular flexibility index (Phi) is 8.41. The number of aromatic amines is 1. The highest BCUT2D eigenvalue weighted by Crippen LogP contribution is 2.28. The van der Waals surface area contributed by atoms with Crippen LogP contribution in [0.4, 0.5) is 11.6 Å². The van der Waals surface area contributed by atoms with Gasteiger partial charge in [0, 0.05) is 38.5 Å². The van der Waals surface area contributed by atoms with Crippen molar-refractivity contribution in [3.63, 3.8) is 0 Å². The zero-order valence-corrected chi connectivity index (χ0v) is 18.0. The molecule has 0 amide bonds. The molecule has 24 heavy (non-hydrogen) atoms. The van der Waals surface area contributed by atoms with E-state index in [0.29, 0.717) is 20.7 Å². The molecule has 0 bridgehead atoms. The molecule has 0 spiro atoms. The van der Waals surface area contributed by atoms with E-state index >= 15 is 0 Å². The fourth-order valence-corrected chi connectivity index (χ4v) is 3.46. The molecule has 0 aliphatic carbocycles. The average molecular weight is 600 g/mol. The van der Waals surface area contributed by atoms with Crippen LogP contribution in [0.2, 0.25) is 0 Å². The van der Waals surface area contributed by atoms with E-state index < -0.39 is 9.85 Å². The van der Waals surface area contributed by atoms with Crippen molar-refractivity contribution in [2.24, 2.45) is 0 Å². The highest BCUT2D eigenvalue weighted by Gasteiger charge is 2.24. The van der Waals surface area contributed by atoms with Crippen LogP contribution in [-0.4, -0.2) is 36.0 Å². The van der Waals surface area contributed by atoms with Gasteiger partial charge in [-0.3, -0.25) is 4.57 Å². The Morgan fingerprint density at radius 1 is 1.17 bits per heavy atom. The largest absolute Gasteiger partial charge is 0.397 e. The molecule has 0 radical (unpaired) electrons. The van der Waals surface area contributed by atoms with Gasteiger partial charge in [-0.1, -0.05) is 0 Å². The van der Waals surface area contributed by atoms with Gasteiger partial charge in [-0.15, -0.1) is 0 Å². The number of halogens is 4. The Morgan fingerprint density at radius 2 is 1.79 bits per heavy atom. The first-order chi connectivity index (χ1) is 11.2. The average Bonchev–Trinajstić information content (AvgIpc) is 2.97. The predicted molar refractivity (Wildman–Crippen MR) is 96.5 cm³/mol. The van der Waals surface area contributed by atoms with E-state index in [4.69, 9.17) is 4.74 Å². The molecule has 0 aromatic carbocycles. The van der Waals surface area contributed by atoms with E-state index in [9.17, 15) is 20.2 Å². The van der Waals surface area contributed by atoms with Crippen molar-refractivity contribution >= 4 is 75.4 Å². The zero-order chi connectivity index (χ0) is 18.4. The van der Waals surface area contributed by atoms with Gasteiger partial charge in [-0.2, -0.15) is 4.98 Å². The number of aromatic nitrogens is 4. The number of imidazole rings is 2. The Bertz CT molecular complexity index is 747. The first kappa shape index (κ1) is 21.1. The molecule has 0 aliphatic heterocycles. The number of hydrogen-bond acceptors (Lipinski definition) is 7. The van der Waals surface area contributed by atoms with Crippen LogP contribution in [0.25, 0.3) is 0 Å². The van der Waals surface area contributed by atoms with Crippen molar-refractivity contribution in [3.05, 3.63) is 38.9 Å². The second kappa shape index (κ2) is 9.55. The summed E-state index contributed by atoms with van der Waals surface area (Å²) >= 11 is 12.0. The monoisotopic (exact) mass is 596 g/mol. The smallest absolute Gasteiger partial charge is 0.361 e. The molecule has 0 fully saturated rings. The van der Waals surface area contributed by atoms with Gasteiger partial charge in [0.2, 0.25) is 4.60 Å². The molecule has 0 atom stereocenters. The van der Waals surface area contributed by atoms with Gasteiger partial charge < -0.3 is 25.0 Å². The van der Waals surface area contributed by atoms with Crippen molar-refractivity contribution in [2.75, 3.05) is 6.61 Å². The van der Waals surface area contributed by atoms with E-state index in [1.54, 1.807) is 0 Å². The minimum atomic E-state index is -0.558. The number of hydrogen-bond donors (Lipinski definition) is 1. The first-order valence-electron chi connectivity index (χ1n) is 5.88. The molecule has 11 nitrogen and oxygen atoms in total. The molecule has 0 saturated heterocycles. The number of H-pyrrole nitrogens is 1. The van der Waals surface area contributed by atoms with Crippen LogP contribution in [0.3, 0.4) is 0 Å². The fourth-order valence-electron chi connectivity index (χ4n) is 1.24. The van der Waals surface area contributed by atoms with Gasteiger partial charge in [-0.25, -0.2) is 4.98 Å². The Balaban J connectivity index is 0.000000254. The summed E-state index contributed by atoms with van der Waals surface area (Å²) in [6.45, 7) is 2.59. The normalized spacial score (nSPS) is 10.2. The summed E-state index contributed by atoms with van der Waals surface area (Å²) in [6.07, 6.45) is 0. The first-order valence-corrected chi connectivity index (χ1v) is 9.05. The summed E-state index contributed by atoms with van der Waals surface area (Å²) < 4.78 is 7.83. The van der Waals surface area contributed by atoms with Crippen molar-refractivity contribution in [3.8, 4) is 0 Å². The molecule has 0 saturated carbocycles. The van der Waals surface area contributed by atoms with Crippen LogP contribution in [0.5, 0.6) is 0 Å². The van der Waals surface area contributed by atoms with Crippen LogP contribution < -0.4 is 0 Å². The van der Waals surface area contributed by atoms with Crippen molar-refractivity contribution in [1.29, 1.82) is 0 Å². The molecule has 132 valence electrons. The van der Waals surface area contributed by atoms with Crippen LogP contribution in [0.15, 0.2) is 18.7 Å². The van der Waals surface area contributed by atoms with E-state index in [1.807, 2.05) is 6.92 Å². The van der Waals surface area contributed by atoms with Crippen LogP contribution in [-0.2, 0) is 11.5 Å². The summed E-state index contributed by atoms with van der Waals surface area (Å²) in [6, 6.07) is 0. The molecule has 1 N–H and O–H groups in total. The summed E-state index contributed by atoms with van der Waals surface area (Å²) in [4.78, 5) is 29.3. The molecule has 0 unspecified atom stereocenters. The maximum atomic E-state index is 10.5. The lowest BCUT2D eigenvalue weighted by atomic mass is 10.8. The number of nitrogens with zero attached hydrogens (tertiary/aromatic N) is 5. The standard InChI is InChI=1S/C6H7Br2N3O3.C3HBr2N3O2/c1-2-14-3-10-4(7)5(11(12)13)9-6(10)8;4-1-2(8(9)10)7-3(5)6-1/h2-3H2,1H3;(H,6,7). The Hall–Kier alpha value is -0.900. The Labute approximate surface area is 168 Å². The lowest BCUT2D eigenvalue weighted by molar-refractivity contribution is -0.390. The molecular weight excluding hydrogens is 592 g/mol. The lowest BCUT2D eigenvalue weighted by Crippen LogP contribution is -2.02. The summed E-state index contributed by atoms with van der Waals surface area (Å²) in [5.41, 5.74) is 0. The molecular formula is C9H8Br4N6O5. The van der Waals surface area contributed by atoms with Crippen LogP contribution >= 0.6 is 63.7 Å². The molecule has 2 rings (SSSR count). The second-order valence-corrected chi connectivity index (χ2v) is 6.69. The molecule has 2 heterocycles. The number of nitro groups is 2. The summed E-state index contributed by atoms with van der Waals surface area (Å²) in [5, 5.41) is 20.6. The zero-order valence-electron chi connectivity index (χ0n) is 11.7. The van der Waals surface area contributed by atoms with Gasteiger partial charge >= 0.3 is 11.6 Å². The second-order valence-electron chi connectivity index (χ2n) is 3.73. The summed E-state index contributed by atoms with van der Waals surface area (Å²) in [5.74, 6) is -0.372. The minimum absolute atomic E-state index is 0.146. The van der Waals surface area contributed by atoms with Gasteiger partial charge in [0.25, 0.3) is 9.47 Å². The minimum Gasteiger partial charge on any atom is -0.361 e. The summed E-state index contributed by atoms with van der Waals surface area (Å²) in [7, 11) is 0. The van der Waals surface area contributed by atoms with Gasteiger partial charge in [-0.05, 0) is 53.6 Å². The molecule has 15 heteroatoms. The van der Waals surface area contributed by atoms with Crippen molar-refractivity contribution in [2.45, 2.75) is 13.7 Å². The van der Waals surface area contributed by atoms with E-state index in [2.05, 4.69) is 78.7 Å². The fraction of sp³-hybridized carbons (Fsp3) is 0.333. The van der Waals surface area contributed by atoms with Gasteiger partial charge in [0.1, 0.15) is 6.73 Å². The lowest BCUT2D eigenvalue weighted by Gasteiger charge is -2.02. The topological polar surface area (TPSA) is 142 Å². The van der Waals surface area contributed by atoms with Crippen LogP contribution in [0.1, 0.15) is 6.92 Å². The maximum Gasteiger partial charge on any atom is 0.397 e. The van der Waals surface area contributed by atoms with E-state index in [-0.39, 0.29) is 23.0 Å². The van der Waals surface area contributed by atoms with E-state index in [1.165, 1.54) is 4.57 Å². The van der Waals surface area contributed by atoms with Gasteiger partial charge in [0.15, 0.2) is 4.60 Å². The quantitative estimate of drug-likeness (QED) is 0.402. The molecule has 2 aromatic rings. The third-order valence-corrected chi connectivity index (χ3v) is 4.55. The van der Waals surface area contributed by atoms with Crippen molar-refractivity contribution in [1.82, 2.24) is 19.5 Å². The maximum absolute atomic E-state index is 10.5. The van der Waals surface area contributed by atoms with Gasteiger partial charge in [0.05, 0.1) is 0 Å². The van der Waals surface area contributed by atoms with E-state index in [0.717, 1.165) is 0 Å². The third kappa shape index (κ3) is 5.58. The Morgan fingerprint density at radius 3 is 2.12 bits per heavy atom.